The van der Waals surface area contributed by atoms with Gasteiger partial charge in [-0.05, 0) is 43.7 Å². The minimum absolute atomic E-state index is 0.0216. The number of anilines is 1. The number of rotatable bonds is 6. The van der Waals surface area contributed by atoms with Crippen LogP contribution in [0.5, 0.6) is 5.75 Å². The van der Waals surface area contributed by atoms with Crippen molar-refractivity contribution in [3.63, 3.8) is 0 Å². The van der Waals surface area contributed by atoms with E-state index in [2.05, 4.69) is 0 Å². The summed E-state index contributed by atoms with van der Waals surface area (Å²) in [4.78, 5) is 26.6. The Bertz CT molecular complexity index is 1770. The number of sulfonamides is 1. The van der Waals surface area contributed by atoms with E-state index in [0.29, 0.717) is 28.1 Å². The first-order valence-electron chi connectivity index (χ1n) is 13.3. The van der Waals surface area contributed by atoms with Crippen LogP contribution in [0.15, 0.2) is 102 Å². The number of carbonyl (C=O) groups is 1. The Morgan fingerprint density at radius 2 is 1.49 bits per heavy atom. The Labute approximate surface area is 238 Å². The molecule has 6 rings (SSSR count). The van der Waals surface area contributed by atoms with Crippen molar-refractivity contribution in [1.29, 1.82) is 0 Å². The molecule has 0 radical (unpaired) electrons. The molecule has 0 aromatic heterocycles. The number of fused-ring (bicyclic) bond motifs is 4. The van der Waals surface area contributed by atoms with Gasteiger partial charge in [0.05, 0.1) is 16.5 Å². The largest absolute Gasteiger partial charge is 0.486 e. The Morgan fingerprint density at radius 3 is 2.15 bits per heavy atom. The fraction of sp³-hybridized carbons (Fsp3) is 0.219. The molecule has 0 spiro atoms. The lowest BCUT2D eigenvalue weighted by atomic mass is 9.66. The summed E-state index contributed by atoms with van der Waals surface area (Å²) in [6, 6.07) is 25.8. The van der Waals surface area contributed by atoms with Crippen molar-refractivity contribution < 1.29 is 22.9 Å². The van der Waals surface area contributed by atoms with Crippen LogP contribution in [-0.2, 0) is 10.0 Å². The number of carbonyl (C=O) groups excluding carboxylic acids is 1. The van der Waals surface area contributed by atoms with Gasteiger partial charge in [-0.15, -0.1) is 0 Å². The standard InChI is InChI=1S/C32H28N2O6S/c1-21-11-15-23(16-12-21)29(35)19-27-25-7-3-5-9-28(25)33(41(38,39)24-17-13-22(2)14-18-24)31-26-8-4-6-10-30(26)40-20-32(27,31)34(36)37/h3-18,27,31H,19-20H2,1-2H3/t27-,31-,32+/m1/s1. The predicted molar refractivity (Wildman–Crippen MR) is 155 cm³/mol. The van der Waals surface area contributed by atoms with Crippen LogP contribution in [0.3, 0.4) is 0 Å². The molecular formula is C32H28N2O6S. The third-order valence-corrected chi connectivity index (χ3v) is 10.0. The Morgan fingerprint density at radius 1 is 0.902 bits per heavy atom. The van der Waals surface area contributed by atoms with E-state index >= 15 is 0 Å². The van der Waals surface area contributed by atoms with Gasteiger partial charge in [0.2, 0.25) is 0 Å². The third kappa shape index (κ3) is 4.19. The van der Waals surface area contributed by atoms with E-state index in [1.807, 2.05) is 26.0 Å². The van der Waals surface area contributed by atoms with E-state index in [9.17, 15) is 23.3 Å². The molecule has 208 valence electrons. The van der Waals surface area contributed by atoms with Crippen molar-refractivity contribution >= 4 is 21.5 Å². The summed E-state index contributed by atoms with van der Waals surface area (Å²) in [5.74, 6) is -0.856. The van der Waals surface area contributed by atoms with E-state index in [1.54, 1.807) is 72.8 Å². The first-order chi connectivity index (χ1) is 19.6. The molecule has 0 fully saturated rings. The van der Waals surface area contributed by atoms with Gasteiger partial charge in [-0.1, -0.05) is 83.9 Å². The molecule has 9 heteroatoms. The highest BCUT2D eigenvalue weighted by molar-refractivity contribution is 7.92. The summed E-state index contributed by atoms with van der Waals surface area (Å²) in [6.07, 6.45) is -0.193. The molecule has 4 aromatic carbocycles. The zero-order valence-electron chi connectivity index (χ0n) is 22.6. The van der Waals surface area contributed by atoms with Gasteiger partial charge in [-0.25, -0.2) is 8.42 Å². The summed E-state index contributed by atoms with van der Waals surface area (Å²) in [5, 5.41) is 13.3. The number of ether oxygens (including phenoxy) is 1. The second kappa shape index (κ2) is 9.85. The van der Waals surface area contributed by atoms with Gasteiger partial charge in [-0.3, -0.25) is 19.2 Å². The summed E-state index contributed by atoms with van der Waals surface area (Å²) >= 11 is 0. The third-order valence-electron chi connectivity index (χ3n) is 8.21. The number of hydrogen-bond acceptors (Lipinski definition) is 6. The quantitative estimate of drug-likeness (QED) is 0.160. The van der Waals surface area contributed by atoms with Crippen LogP contribution in [-0.4, -0.2) is 31.3 Å². The molecule has 41 heavy (non-hydrogen) atoms. The molecule has 2 aliphatic rings. The molecule has 3 atom stereocenters. The smallest absolute Gasteiger partial charge is 0.287 e. The van der Waals surface area contributed by atoms with Gasteiger partial charge >= 0.3 is 0 Å². The van der Waals surface area contributed by atoms with Crippen molar-refractivity contribution in [2.75, 3.05) is 10.9 Å². The first kappa shape index (κ1) is 26.7. The molecule has 0 saturated carbocycles. The highest BCUT2D eigenvalue weighted by Crippen LogP contribution is 2.58. The average molecular weight is 569 g/mol. The molecule has 8 nitrogen and oxygen atoms in total. The summed E-state index contributed by atoms with van der Waals surface area (Å²) in [7, 11) is -4.30. The number of nitro groups is 1. The molecule has 0 aliphatic carbocycles. The van der Waals surface area contributed by atoms with Crippen molar-refractivity contribution in [2.24, 2.45) is 0 Å². The van der Waals surface area contributed by atoms with Crippen molar-refractivity contribution in [2.45, 2.75) is 42.7 Å². The topological polar surface area (TPSA) is 107 Å². The molecule has 2 heterocycles. The van der Waals surface area contributed by atoms with Crippen LogP contribution < -0.4 is 9.04 Å². The minimum atomic E-state index is -4.30. The maximum atomic E-state index is 14.5. The fourth-order valence-electron chi connectivity index (χ4n) is 6.09. The average Bonchev–Trinajstić information content (AvgIpc) is 2.97. The number of ketones is 1. The maximum Gasteiger partial charge on any atom is 0.287 e. The molecule has 2 aliphatic heterocycles. The number of aryl methyl sites for hydroxylation is 2. The predicted octanol–water partition coefficient (Wildman–Crippen LogP) is 6.02. The van der Waals surface area contributed by atoms with Crippen molar-refractivity contribution in [1.82, 2.24) is 0 Å². The Hall–Kier alpha value is -4.50. The number of nitrogens with zero attached hydrogens (tertiary/aromatic N) is 2. The van der Waals surface area contributed by atoms with Crippen molar-refractivity contribution in [3.8, 4) is 5.75 Å². The van der Waals surface area contributed by atoms with Crippen LogP contribution in [0.4, 0.5) is 5.69 Å². The molecule has 4 aromatic rings. The van der Waals surface area contributed by atoms with Crippen LogP contribution >= 0.6 is 0 Å². The zero-order chi connectivity index (χ0) is 28.9. The van der Waals surface area contributed by atoms with Gasteiger partial charge in [0.15, 0.2) is 12.4 Å². The lowest BCUT2D eigenvalue weighted by molar-refractivity contribution is -0.584. The monoisotopic (exact) mass is 568 g/mol. The highest BCUT2D eigenvalue weighted by Gasteiger charge is 2.68. The lowest BCUT2D eigenvalue weighted by Crippen LogP contribution is -2.64. The highest BCUT2D eigenvalue weighted by atomic mass is 32.2. The lowest BCUT2D eigenvalue weighted by Gasteiger charge is -2.50. The van der Waals surface area contributed by atoms with Crippen LogP contribution in [0, 0.1) is 24.0 Å². The molecular weight excluding hydrogens is 540 g/mol. The fourth-order valence-corrected chi connectivity index (χ4v) is 7.80. The Balaban J connectivity index is 1.62. The molecule has 0 bridgehead atoms. The van der Waals surface area contributed by atoms with Crippen LogP contribution in [0.2, 0.25) is 0 Å². The second-order valence-corrected chi connectivity index (χ2v) is 12.5. The number of benzene rings is 4. The minimum Gasteiger partial charge on any atom is -0.486 e. The van der Waals surface area contributed by atoms with E-state index in [-0.39, 0.29) is 17.1 Å². The normalized spacial score (nSPS) is 21.2. The molecule has 0 unspecified atom stereocenters. The summed E-state index contributed by atoms with van der Waals surface area (Å²) in [6.45, 7) is 3.37. The number of hydrogen-bond donors (Lipinski definition) is 0. The van der Waals surface area contributed by atoms with E-state index < -0.39 is 39.1 Å². The SMILES string of the molecule is Cc1ccc(C(=O)C[C@@H]2c3ccccc3N(S(=O)(=O)c3ccc(C)cc3)[C@@H]3c4ccccc4OC[C@]23[N+](=O)[O-])cc1. The van der Waals surface area contributed by atoms with Gasteiger partial charge in [-0.2, -0.15) is 0 Å². The summed E-state index contributed by atoms with van der Waals surface area (Å²) in [5.41, 5.74) is 1.44. The van der Waals surface area contributed by atoms with Gasteiger partial charge < -0.3 is 4.74 Å². The van der Waals surface area contributed by atoms with Gasteiger partial charge in [0.1, 0.15) is 11.8 Å². The van der Waals surface area contributed by atoms with E-state index in [4.69, 9.17) is 4.74 Å². The number of Topliss-reactive ketones (excluding diaryl/α,β-unsaturated/α-hetero) is 1. The number of para-hydroxylation sites is 2. The molecule has 0 amide bonds. The maximum absolute atomic E-state index is 14.5. The molecule has 0 N–H and O–H groups in total. The second-order valence-electron chi connectivity index (χ2n) is 10.7. The van der Waals surface area contributed by atoms with Crippen LogP contribution in [0.25, 0.3) is 0 Å². The Kier molecular flexibility index (Phi) is 6.42. The van der Waals surface area contributed by atoms with E-state index in [0.717, 1.165) is 11.1 Å². The first-order valence-corrected chi connectivity index (χ1v) is 14.7. The summed E-state index contributed by atoms with van der Waals surface area (Å²) < 4.78 is 36.1. The van der Waals surface area contributed by atoms with Gasteiger partial charge in [0, 0.05) is 22.5 Å². The zero-order valence-corrected chi connectivity index (χ0v) is 23.4. The van der Waals surface area contributed by atoms with E-state index in [1.165, 1.54) is 16.4 Å². The van der Waals surface area contributed by atoms with Gasteiger partial charge in [0.25, 0.3) is 15.6 Å². The van der Waals surface area contributed by atoms with Crippen molar-refractivity contribution in [3.05, 3.63) is 135 Å². The van der Waals surface area contributed by atoms with Crippen LogP contribution in [0.1, 0.15) is 51.0 Å². The molecule has 0 saturated heterocycles.